The fourth-order valence-corrected chi connectivity index (χ4v) is 5.09. The Bertz CT molecular complexity index is 1450. The SMILES string of the molecule is CCOC(=O)Cc1nnn(CCC[C@H]2O[C@H](c3cccc(OC)c3OC)c3cc(Cl)ccc3-n3cccc32)n1. The maximum absolute atomic E-state index is 11.7. The highest BCUT2D eigenvalue weighted by Gasteiger charge is 2.32. The van der Waals surface area contributed by atoms with E-state index in [-0.39, 0.29) is 18.5 Å². The van der Waals surface area contributed by atoms with Gasteiger partial charge in [0.15, 0.2) is 17.3 Å². The zero-order chi connectivity index (χ0) is 27.4. The molecular formula is C28H30ClN5O5. The third-order valence-electron chi connectivity index (χ3n) is 6.58. The number of aryl methyl sites for hydroxylation is 1. The summed E-state index contributed by atoms with van der Waals surface area (Å²) in [4.78, 5) is 13.2. The number of tetrazole rings is 1. The van der Waals surface area contributed by atoms with Crippen LogP contribution in [0, 0.1) is 0 Å². The van der Waals surface area contributed by atoms with Crippen LogP contribution >= 0.6 is 11.6 Å². The first-order chi connectivity index (χ1) is 19.0. The van der Waals surface area contributed by atoms with Gasteiger partial charge in [-0.1, -0.05) is 23.7 Å². The molecule has 0 amide bonds. The number of hydrogen-bond donors (Lipinski definition) is 0. The third-order valence-corrected chi connectivity index (χ3v) is 6.82. The number of ether oxygens (including phenoxy) is 4. The second-order valence-electron chi connectivity index (χ2n) is 9.02. The smallest absolute Gasteiger partial charge is 0.313 e. The van der Waals surface area contributed by atoms with E-state index in [1.807, 2.05) is 48.7 Å². The van der Waals surface area contributed by atoms with Crippen molar-refractivity contribution in [1.82, 2.24) is 24.8 Å². The summed E-state index contributed by atoms with van der Waals surface area (Å²) in [6, 6.07) is 15.7. The van der Waals surface area contributed by atoms with Gasteiger partial charge in [-0.2, -0.15) is 4.80 Å². The Kier molecular flexibility index (Phi) is 8.13. The molecule has 2 aromatic carbocycles. The Morgan fingerprint density at radius 3 is 2.77 bits per heavy atom. The molecule has 4 aromatic rings. The maximum atomic E-state index is 11.7. The molecule has 0 bridgehead atoms. The molecule has 0 N–H and O–H groups in total. The van der Waals surface area contributed by atoms with Crippen LogP contribution in [0.1, 0.15) is 54.6 Å². The number of esters is 1. The minimum Gasteiger partial charge on any atom is -0.493 e. The minimum atomic E-state index is -0.464. The van der Waals surface area contributed by atoms with Crippen LogP contribution in [0.3, 0.4) is 0 Å². The number of aromatic nitrogens is 5. The molecular weight excluding hydrogens is 522 g/mol. The van der Waals surface area contributed by atoms with Gasteiger partial charge in [-0.05, 0) is 61.4 Å². The lowest BCUT2D eigenvalue weighted by Gasteiger charge is -2.25. The van der Waals surface area contributed by atoms with Gasteiger partial charge in [0.2, 0.25) is 0 Å². The quantitative estimate of drug-likeness (QED) is 0.257. The molecule has 1 aliphatic rings. The van der Waals surface area contributed by atoms with Gasteiger partial charge in [0.05, 0.1) is 44.9 Å². The van der Waals surface area contributed by atoms with Crippen molar-refractivity contribution in [3.8, 4) is 17.2 Å². The van der Waals surface area contributed by atoms with E-state index in [1.165, 1.54) is 4.80 Å². The molecule has 0 aliphatic carbocycles. The first kappa shape index (κ1) is 26.7. The van der Waals surface area contributed by atoms with E-state index < -0.39 is 6.10 Å². The van der Waals surface area contributed by atoms with Crippen molar-refractivity contribution in [3.05, 3.63) is 82.4 Å². The van der Waals surface area contributed by atoms with E-state index in [4.69, 9.17) is 30.5 Å². The Balaban J connectivity index is 1.42. The van der Waals surface area contributed by atoms with Crippen LogP contribution in [0.25, 0.3) is 5.69 Å². The van der Waals surface area contributed by atoms with Gasteiger partial charge >= 0.3 is 5.97 Å². The summed E-state index contributed by atoms with van der Waals surface area (Å²) in [7, 11) is 3.24. The highest BCUT2D eigenvalue weighted by Crippen LogP contribution is 2.46. The average Bonchev–Trinajstić information content (AvgIpc) is 3.57. The van der Waals surface area contributed by atoms with Crippen LogP contribution in [0.5, 0.6) is 11.5 Å². The van der Waals surface area contributed by atoms with Gasteiger partial charge in [0.1, 0.15) is 12.5 Å². The molecule has 0 spiro atoms. The van der Waals surface area contributed by atoms with Crippen molar-refractivity contribution < 1.29 is 23.7 Å². The van der Waals surface area contributed by atoms with Crippen molar-refractivity contribution in [1.29, 1.82) is 0 Å². The Morgan fingerprint density at radius 2 is 1.97 bits per heavy atom. The summed E-state index contributed by atoms with van der Waals surface area (Å²) in [5, 5.41) is 13.0. The fraction of sp³-hybridized carbons (Fsp3) is 0.357. The van der Waals surface area contributed by atoms with Gasteiger partial charge in [-0.3, -0.25) is 4.79 Å². The van der Waals surface area contributed by atoms with Gasteiger partial charge in [0.25, 0.3) is 0 Å². The van der Waals surface area contributed by atoms with Crippen molar-refractivity contribution in [2.75, 3.05) is 20.8 Å². The van der Waals surface area contributed by atoms with Gasteiger partial charge in [-0.15, -0.1) is 10.2 Å². The standard InChI is InChI=1S/C28H30ClN5O5/c1-4-38-26(35)17-25-30-32-34(31-25)15-7-11-23-22-9-6-14-33(22)21-13-12-18(29)16-20(21)27(39-23)19-8-5-10-24(36-2)28(19)37-3/h5-6,8-10,12-14,16,23,27H,4,7,11,15,17H2,1-3H3/t23-,27-/m1/s1. The van der Waals surface area contributed by atoms with Crippen molar-refractivity contribution in [3.63, 3.8) is 0 Å². The molecule has 2 atom stereocenters. The summed E-state index contributed by atoms with van der Waals surface area (Å²) in [6.45, 7) is 2.59. The lowest BCUT2D eigenvalue weighted by Crippen LogP contribution is -2.13. The number of carbonyl (C=O) groups is 1. The first-order valence-corrected chi connectivity index (χ1v) is 13.2. The molecule has 1 aliphatic heterocycles. The van der Waals surface area contributed by atoms with E-state index in [0.29, 0.717) is 48.3 Å². The molecule has 39 heavy (non-hydrogen) atoms. The molecule has 0 unspecified atom stereocenters. The molecule has 0 fully saturated rings. The Hall–Kier alpha value is -3.89. The molecule has 0 saturated carbocycles. The maximum Gasteiger partial charge on any atom is 0.313 e. The molecule has 0 saturated heterocycles. The Labute approximate surface area is 231 Å². The van der Waals surface area contributed by atoms with E-state index >= 15 is 0 Å². The topological polar surface area (TPSA) is 103 Å². The number of benzene rings is 2. The van der Waals surface area contributed by atoms with E-state index in [1.54, 1.807) is 21.1 Å². The molecule has 204 valence electrons. The van der Waals surface area contributed by atoms with E-state index in [9.17, 15) is 4.79 Å². The normalized spacial score (nSPS) is 16.2. The zero-order valence-corrected chi connectivity index (χ0v) is 22.8. The summed E-state index contributed by atoms with van der Waals surface area (Å²) in [5.41, 5.74) is 3.78. The fourth-order valence-electron chi connectivity index (χ4n) is 4.91. The highest BCUT2D eigenvalue weighted by molar-refractivity contribution is 6.30. The van der Waals surface area contributed by atoms with Gasteiger partial charge < -0.3 is 23.5 Å². The molecule has 2 aromatic heterocycles. The summed E-state index contributed by atoms with van der Waals surface area (Å²) < 4.78 is 25.4. The number of methoxy groups -OCH3 is 2. The van der Waals surface area contributed by atoms with Crippen LogP contribution in [0.4, 0.5) is 0 Å². The lowest BCUT2D eigenvalue weighted by atomic mass is 9.98. The zero-order valence-electron chi connectivity index (χ0n) is 22.0. The molecule has 0 radical (unpaired) electrons. The summed E-state index contributed by atoms with van der Waals surface area (Å²) >= 11 is 6.48. The number of para-hydroxylation sites is 1. The van der Waals surface area contributed by atoms with E-state index in [0.717, 1.165) is 22.5 Å². The highest BCUT2D eigenvalue weighted by atomic mass is 35.5. The number of fused-ring (bicyclic) bond motifs is 3. The van der Waals surface area contributed by atoms with Crippen LogP contribution in [0.2, 0.25) is 5.02 Å². The molecule has 11 heteroatoms. The lowest BCUT2D eigenvalue weighted by molar-refractivity contribution is -0.142. The van der Waals surface area contributed by atoms with E-state index in [2.05, 4.69) is 26.0 Å². The van der Waals surface area contributed by atoms with Crippen LogP contribution in [0.15, 0.2) is 54.7 Å². The largest absolute Gasteiger partial charge is 0.493 e. The third kappa shape index (κ3) is 5.62. The molecule has 3 heterocycles. The Morgan fingerprint density at radius 1 is 1.10 bits per heavy atom. The number of nitrogens with zero attached hydrogens (tertiary/aromatic N) is 5. The predicted molar refractivity (Wildman–Crippen MR) is 143 cm³/mol. The van der Waals surface area contributed by atoms with Gasteiger partial charge in [-0.25, -0.2) is 0 Å². The number of hydrogen-bond acceptors (Lipinski definition) is 8. The number of halogens is 1. The van der Waals surface area contributed by atoms with Crippen LogP contribution < -0.4 is 9.47 Å². The number of carbonyl (C=O) groups excluding carboxylic acids is 1. The predicted octanol–water partition coefficient (Wildman–Crippen LogP) is 4.88. The summed E-state index contributed by atoms with van der Waals surface area (Å²) in [5.74, 6) is 1.20. The van der Waals surface area contributed by atoms with Crippen molar-refractivity contribution >= 4 is 17.6 Å². The second-order valence-corrected chi connectivity index (χ2v) is 9.46. The minimum absolute atomic E-state index is 0.00202. The molecule has 10 nitrogen and oxygen atoms in total. The van der Waals surface area contributed by atoms with Crippen molar-refractivity contribution in [2.24, 2.45) is 0 Å². The van der Waals surface area contributed by atoms with Crippen LogP contribution in [-0.4, -0.2) is 51.6 Å². The summed E-state index contributed by atoms with van der Waals surface area (Å²) in [6.07, 6.45) is 2.71. The first-order valence-electron chi connectivity index (χ1n) is 12.8. The average molecular weight is 552 g/mol. The van der Waals surface area contributed by atoms with Crippen molar-refractivity contribution in [2.45, 2.75) is 44.9 Å². The number of rotatable bonds is 10. The second kappa shape index (κ2) is 11.9. The monoisotopic (exact) mass is 551 g/mol. The molecule has 5 rings (SSSR count). The van der Waals surface area contributed by atoms with Gasteiger partial charge in [0, 0.05) is 22.3 Å². The van der Waals surface area contributed by atoms with Crippen LogP contribution in [-0.2, 0) is 27.2 Å².